The molecule has 0 radical (unpaired) electrons. The number of halogens is 1. The summed E-state index contributed by atoms with van der Waals surface area (Å²) in [4.78, 5) is 26.5. The number of rotatable bonds is 7. The predicted octanol–water partition coefficient (Wildman–Crippen LogP) is 2.98. The van der Waals surface area contributed by atoms with Crippen molar-refractivity contribution in [2.75, 3.05) is 6.54 Å². The molecule has 0 saturated heterocycles. The predicted molar refractivity (Wildman–Crippen MR) is 97.9 cm³/mol. The highest BCUT2D eigenvalue weighted by molar-refractivity contribution is 5.86. The summed E-state index contributed by atoms with van der Waals surface area (Å²) in [6, 6.07) is 14.3. The van der Waals surface area contributed by atoms with E-state index in [0.717, 1.165) is 24.0 Å². The number of nitrogens with one attached hydrogen (secondary N) is 1. The standard InChI is InChI=1S/C21H23FN2O2/c1-15-4-2-6-17(10-15)14-24(19-8-9-19)21(26)13-23-20(25)12-16-5-3-7-18(22)11-16/h2-7,10-11,19H,8-9,12-14H2,1H3,(H,23,25). The van der Waals surface area contributed by atoms with Crippen LogP contribution in [-0.4, -0.2) is 29.3 Å². The van der Waals surface area contributed by atoms with Gasteiger partial charge in [-0.3, -0.25) is 9.59 Å². The summed E-state index contributed by atoms with van der Waals surface area (Å²) in [7, 11) is 0. The van der Waals surface area contributed by atoms with Crippen molar-refractivity contribution in [2.45, 2.75) is 38.8 Å². The van der Waals surface area contributed by atoms with Gasteiger partial charge in [0.15, 0.2) is 0 Å². The molecule has 1 aliphatic rings. The monoisotopic (exact) mass is 354 g/mol. The second kappa shape index (κ2) is 8.13. The number of aryl methyl sites for hydroxylation is 1. The summed E-state index contributed by atoms with van der Waals surface area (Å²) >= 11 is 0. The van der Waals surface area contributed by atoms with Gasteiger partial charge in [0.25, 0.3) is 0 Å². The van der Waals surface area contributed by atoms with Crippen LogP contribution in [0.5, 0.6) is 0 Å². The highest BCUT2D eigenvalue weighted by Crippen LogP contribution is 2.28. The van der Waals surface area contributed by atoms with E-state index in [9.17, 15) is 14.0 Å². The fourth-order valence-corrected chi connectivity index (χ4v) is 2.98. The molecule has 2 amide bonds. The van der Waals surface area contributed by atoms with Crippen molar-refractivity contribution in [3.63, 3.8) is 0 Å². The summed E-state index contributed by atoms with van der Waals surface area (Å²) < 4.78 is 13.2. The first-order valence-electron chi connectivity index (χ1n) is 8.87. The van der Waals surface area contributed by atoms with E-state index in [-0.39, 0.29) is 36.6 Å². The van der Waals surface area contributed by atoms with Gasteiger partial charge in [-0.2, -0.15) is 0 Å². The molecule has 2 aromatic rings. The lowest BCUT2D eigenvalue weighted by Crippen LogP contribution is -2.41. The van der Waals surface area contributed by atoms with Gasteiger partial charge in [0.2, 0.25) is 11.8 Å². The van der Waals surface area contributed by atoms with Crippen LogP contribution in [0.4, 0.5) is 4.39 Å². The topological polar surface area (TPSA) is 49.4 Å². The maximum atomic E-state index is 13.2. The lowest BCUT2D eigenvalue weighted by molar-refractivity contribution is -0.133. The van der Waals surface area contributed by atoms with E-state index < -0.39 is 0 Å². The average Bonchev–Trinajstić information content (AvgIpc) is 3.42. The maximum Gasteiger partial charge on any atom is 0.242 e. The summed E-state index contributed by atoms with van der Waals surface area (Å²) in [6.45, 7) is 2.56. The minimum Gasteiger partial charge on any atom is -0.347 e. The number of hydrogen-bond donors (Lipinski definition) is 1. The van der Waals surface area contributed by atoms with Gasteiger partial charge in [-0.1, -0.05) is 42.0 Å². The molecule has 4 nitrogen and oxygen atoms in total. The molecule has 0 atom stereocenters. The SMILES string of the molecule is Cc1cccc(CN(C(=O)CNC(=O)Cc2cccc(F)c2)C2CC2)c1. The number of hydrogen-bond acceptors (Lipinski definition) is 2. The Bertz CT molecular complexity index is 802. The second-order valence-corrected chi connectivity index (χ2v) is 6.83. The van der Waals surface area contributed by atoms with Gasteiger partial charge in [0, 0.05) is 12.6 Å². The molecule has 0 unspecified atom stereocenters. The molecular formula is C21H23FN2O2. The molecule has 0 aromatic heterocycles. The summed E-state index contributed by atoms with van der Waals surface area (Å²) in [5.41, 5.74) is 2.85. The quantitative estimate of drug-likeness (QED) is 0.831. The van der Waals surface area contributed by atoms with Gasteiger partial charge in [-0.25, -0.2) is 4.39 Å². The van der Waals surface area contributed by atoms with Crippen LogP contribution < -0.4 is 5.32 Å². The Balaban J connectivity index is 1.54. The number of amides is 2. The molecule has 0 heterocycles. The van der Waals surface area contributed by atoms with Crippen LogP contribution >= 0.6 is 0 Å². The van der Waals surface area contributed by atoms with Crippen molar-refractivity contribution in [2.24, 2.45) is 0 Å². The molecule has 1 N–H and O–H groups in total. The zero-order valence-corrected chi connectivity index (χ0v) is 14.9. The molecule has 26 heavy (non-hydrogen) atoms. The smallest absolute Gasteiger partial charge is 0.242 e. The van der Waals surface area contributed by atoms with Crippen molar-refractivity contribution in [3.8, 4) is 0 Å². The van der Waals surface area contributed by atoms with Crippen molar-refractivity contribution in [3.05, 3.63) is 71.0 Å². The largest absolute Gasteiger partial charge is 0.347 e. The van der Waals surface area contributed by atoms with E-state index in [0.29, 0.717) is 12.1 Å². The van der Waals surface area contributed by atoms with Gasteiger partial charge >= 0.3 is 0 Å². The van der Waals surface area contributed by atoms with Crippen molar-refractivity contribution >= 4 is 11.8 Å². The molecular weight excluding hydrogens is 331 g/mol. The van der Waals surface area contributed by atoms with Gasteiger partial charge in [0.1, 0.15) is 5.82 Å². The summed E-state index contributed by atoms with van der Waals surface area (Å²) in [5, 5.41) is 2.66. The van der Waals surface area contributed by atoms with E-state index >= 15 is 0 Å². The van der Waals surface area contributed by atoms with Crippen LogP contribution in [-0.2, 0) is 22.6 Å². The molecule has 1 aliphatic carbocycles. The molecule has 0 aliphatic heterocycles. The van der Waals surface area contributed by atoms with Crippen molar-refractivity contribution in [1.29, 1.82) is 0 Å². The minimum absolute atomic E-state index is 0.0313. The lowest BCUT2D eigenvalue weighted by Gasteiger charge is -2.23. The minimum atomic E-state index is -0.371. The molecule has 1 saturated carbocycles. The fourth-order valence-electron chi connectivity index (χ4n) is 2.98. The normalized spacial score (nSPS) is 13.3. The first-order valence-corrected chi connectivity index (χ1v) is 8.87. The van der Waals surface area contributed by atoms with E-state index in [1.54, 1.807) is 12.1 Å². The third-order valence-electron chi connectivity index (χ3n) is 4.43. The third kappa shape index (κ3) is 5.15. The zero-order valence-electron chi connectivity index (χ0n) is 14.9. The van der Waals surface area contributed by atoms with Crippen molar-refractivity contribution in [1.82, 2.24) is 10.2 Å². The maximum absolute atomic E-state index is 13.2. The van der Waals surface area contributed by atoms with Crippen LogP contribution in [0, 0.1) is 12.7 Å². The Morgan fingerprint density at radius 1 is 1.12 bits per heavy atom. The summed E-state index contributed by atoms with van der Waals surface area (Å²) in [5.74, 6) is -0.735. The van der Waals surface area contributed by atoms with Crippen LogP contribution in [0.2, 0.25) is 0 Å². The van der Waals surface area contributed by atoms with Gasteiger partial charge in [0.05, 0.1) is 13.0 Å². The Morgan fingerprint density at radius 3 is 2.54 bits per heavy atom. The third-order valence-corrected chi connectivity index (χ3v) is 4.43. The van der Waals surface area contributed by atoms with E-state index in [1.165, 1.54) is 12.1 Å². The molecule has 2 aromatic carbocycles. The fraction of sp³-hybridized carbons (Fsp3) is 0.333. The van der Waals surface area contributed by atoms with Crippen molar-refractivity contribution < 1.29 is 14.0 Å². The van der Waals surface area contributed by atoms with E-state index in [4.69, 9.17) is 0 Å². The Labute approximate surface area is 153 Å². The Hall–Kier alpha value is -2.69. The van der Waals surface area contributed by atoms with E-state index in [2.05, 4.69) is 11.4 Å². The van der Waals surface area contributed by atoms with Crippen LogP contribution in [0.1, 0.15) is 29.5 Å². The number of benzene rings is 2. The number of carbonyl (C=O) groups excluding carboxylic acids is 2. The molecule has 0 bridgehead atoms. The highest BCUT2D eigenvalue weighted by atomic mass is 19.1. The van der Waals surface area contributed by atoms with E-state index in [1.807, 2.05) is 30.0 Å². The molecule has 5 heteroatoms. The summed E-state index contributed by atoms with van der Waals surface area (Å²) in [6.07, 6.45) is 2.08. The average molecular weight is 354 g/mol. The number of carbonyl (C=O) groups is 2. The van der Waals surface area contributed by atoms with Gasteiger partial charge in [-0.05, 0) is 43.0 Å². The first-order chi connectivity index (χ1) is 12.5. The second-order valence-electron chi connectivity index (χ2n) is 6.83. The number of nitrogens with zero attached hydrogens (tertiary/aromatic N) is 1. The Kier molecular flexibility index (Phi) is 5.66. The highest BCUT2D eigenvalue weighted by Gasteiger charge is 2.32. The van der Waals surface area contributed by atoms with Gasteiger partial charge in [-0.15, -0.1) is 0 Å². The zero-order chi connectivity index (χ0) is 18.5. The molecule has 0 spiro atoms. The van der Waals surface area contributed by atoms with Crippen LogP contribution in [0.15, 0.2) is 48.5 Å². The van der Waals surface area contributed by atoms with Crippen LogP contribution in [0.25, 0.3) is 0 Å². The first kappa shape index (κ1) is 18.1. The molecule has 1 fully saturated rings. The molecule has 136 valence electrons. The van der Waals surface area contributed by atoms with Gasteiger partial charge < -0.3 is 10.2 Å². The Morgan fingerprint density at radius 2 is 1.85 bits per heavy atom. The lowest BCUT2D eigenvalue weighted by atomic mass is 10.1. The van der Waals surface area contributed by atoms with Crippen LogP contribution in [0.3, 0.4) is 0 Å². The molecule has 3 rings (SSSR count).